The lowest BCUT2D eigenvalue weighted by Gasteiger charge is -2.07. The summed E-state index contributed by atoms with van der Waals surface area (Å²) in [7, 11) is 0. The molecule has 0 atom stereocenters. The van der Waals surface area contributed by atoms with Crippen LogP contribution in [0.3, 0.4) is 0 Å². The number of nitrogens with zero attached hydrogens (tertiary/aromatic N) is 1. The summed E-state index contributed by atoms with van der Waals surface area (Å²) in [6, 6.07) is 8.27. The first-order chi connectivity index (χ1) is 15.0. The number of thiophene rings is 1. The van der Waals surface area contributed by atoms with E-state index in [2.05, 4.69) is 10.3 Å². The van der Waals surface area contributed by atoms with Crippen LogP contribution in [0, 0.1) is 6.92 Å². The van der Waals surface area contributed by atoms with E-state index in [1.807, 2.05) is 0 Å². The number of carboxylic acids is 1. The highest BCUT2D eigenvalue weighted by Crippen LogP contribution is 2.38. The zero-order chi connectivity index (χ0) is 23.2. The lowest BCUT2D eigenvalue weighted by Crippen LogP contribution is -2.13. The third-order valence-electron chi connectivity index (χ3n) is 4.52. The summed E-state index contributed by atoms with van der Waals surface area (Å²) in [5, 5.41) is 13.6. The lowest BCUT2D eigenvalue weighted by atomic mass is 10.1. The fourth-order valence-corrected chi connectivity index (χ4v) is 4.27. The second-order valence-electron chi connectivity index (χ2n) is 6.76. The molecule has 3 aromatic heterocycles. The molecular weight excluding hydrogens is 469 g/mol. The Labute approximate surface area is 187 Å². The van der Waals surface area contributed by atoms with Crippen molar-refractivity contribution in [2.45, 2.75) is 13.1 Å². The quantitative estimate of drug-likeness (QED) is 0.348. The molecule has 1 aromatic carbocycles. The van der Waals surface area contributed by atoms with Crippen LogP contribution in [0.15, 0.2) is 46.2 Å². The standard InChI is InChI=1S/C21H12ClF3N2O4S/c1-9-6-13(21(23,24)25)12-7-15(31-19(12)26-9)18(28)27-14-8-32-17(16(14)20(29)30)10-2-4-11(22)5-3-10/h2-8H,1H3,(H,27,28)(H,29,30). The van der Waals surface area contributed by atoms with Crippen LogP contribution in [0.2, 0.25) is 5.02 Å². The molecule has 4 aromatic rings. The van der Waals surface area contributed by atoms with Crippen LogP contribution >= 0.6 is 22.9 Å². The summed E-state index contributed by atoms with van der Waals surface area (Å²) >= 11 is 6.95. The minimum absolute atomic E-state index is 0.0157. The number of rotatable bonds is 4. The maximum Gasteiger partial charge on any atom is 0.417 e. The predicted molar refractivity (Wildman–Crippen MR) is 113 cm³/mol. The number of hydrogen-bond donors (Lipinski definition) is 2. The van der Waals surface area contributed by atoms with Crippen molar-refractivity contribution in [3.63, 3.8) is 0 Å². The molecule has 6 nitrogen and oxygen atoms in total. The Morgan fingerprint density at radius 2 is 1.88 bits per heavy atom. The van der Waals surface area contributed by atoms with Crippen molar-refractivity contribution < 1.29 is 32.3 Å². The molecule has 32 heavy (non-hydrogen) atoms. The third-order valence-corrected chi connectivity index (χ3v) is 5.80. The molecule has 0 unspecified atom stereocenters. The number of fused-ring (bicyclic) bond motifs is 1. The van der Waals surface area contributed by atoms with Gasteiger partial charge in [0.1, 0.15) is 5.56 Å². The monoisotopic (exact) mass is 480 g/mol. The Morgan fingerprint density at radius 3 is 2.50 bits per heavy atom. The number of amides is 1. The van der Waals surface area contributed by atoms with Crippen molar-refractivity contribution in [1.82, 2.24) is 4.98 Å². The van der Waals surface area contributed by atoms with Crippen LogP contribution < -0.4 is 5.32 Å². The van der Waals surface area contributed by atoms with Gasteiger partial charge in [0.2, 0.25) is 5.71 Å². The Kier molecular flexibility index (Phi) is 5.43. The maximum atomic E-state index is 13.3. The van der Waals surface area contributed by atoms with Crippen LogP contribution in [0.5, 0.6) is 0 Å². The highest BCUT2D eigenvalue weighted by Gasteiger charge is 2.35. The van der Waals surface area contributed by atoms with E-state index in [-0.39, 0.29) is 28.0 Å². The van der Waals surface area contributed by atoms with Gasteiger partial charge in [-0.2, -0.15) is 13.2 Å². The van der Waals surface area contributed by atoms with E-state index in [1.165, 1.54) is 12.3 Å². The molecule has 0 aliphatic rings. The molecule has 0 saturated heterocycles. The van der Waals surface area contributed by atoms with Crippen LogP contribution in [0.4, 0.5) is 18.9 Å². The highest BCUT2D eigenvalue weighted by atomic mass is 35.5. The number of hydrogen-bond acceptors (Lipinski definition) is 5. The first-order valence-electron chi connectivity index (χ1n) is 8.95. The molecule has 0 bridgehead atoms. The summed E-state index contributed by atoms with van der Waals surface area (Å²) < 4.78 is 45.3. The van der Waals surface area contributed by atoms with Crippen molar-refractivity contribution in [1.29, 1.82) is 0 Å². The van der Waals surface area contributed by atoms with Crippen molar-refractivity contribution in [3.8, 4) is 10.4 Å². The van der Waals surface area contributed by atoms with Crippen LogP contribution in [0.1, 0.15) is 32.2 Å². The van der Waals surface area contributed by atoms with Crippen LogP contribution in [-0.4, -0.2) is 22.0 Å². The zero-order valence-electron chi connectivity index (χ0n) is 16.1. The fourth-order valence-electron chi connectivity index (χ4n) is 3.14. The Bertz CT molecular complexity index is 1360. The number of nitrogens with one attached hydrogen (secondary N) is 1. The Morgan fingerprint density at radius 1 is 1.19 bits per heavy atom. The summed E-state index contributed by atoms with van der Waals surface area (Å²) in [5.74, 6) is -2.62. The first kappa shape index (κ1) is 21.8. The maximum absolute atomic E-state index is 13.3. The highest BCUT2D eigenvalue weighted by molar-refractivity contribution is 7.14. The van der Waals surface area contributed by atoms with Gasteiger partial charge in [-0.25, -0.2) is 9.78 Å². The number of carbonyl (C=O) groups is 2. The number of aromatic carboxylic acids is 1. The number of aryl methyl sites for hydroxylation is 1. The number of alkyl halides is 3. The van der Waals surface area contributed by atoms with E-state index in [4.69, 9.17) is 16.0 Å². The molecule has 164 valence electrons. The second kappa shape index (κ2) is 7.95. The Hall–Kier alpha value is -3.37. The summed E-state index contributed by atoms with van der Waals surface area (Å²) in [6.45, 7) is 1.37. The van der Waals surface area contributed by atoms with E-state index in [0.717, 1.165) is 23.5 Å². The van der Waals surface area contributed by atoms with Gasteiger partial charge in [0.15, 0.2) is 5.76 Å². The SMILES string of the molecule is Cc1cc(C(F)(F)F)c2cc(C(=O)Nc3csc(-c4ccc(Cl)cc4)c3C(=O)O)oc2n1. The van der Waals surface area contributed by atoms with E-state index >= 15 is 0 Å². The zero-order valence-corrected chi connectivity index (χ0v) is 17.7. The number of halogens is 4. The lowest BCUT2D eigenvalue weighted by molar-refractivity contribution is -0.136. The molecule has 2 N–H and O–H groups in total. The molecule has 0 spiro atoms. The molecule has 4 rings (SSSR count). The third kappa shape index (κ3) is 4.06. The molecule has 0 saturated carbocycles. The summed E-state index contributed by atoms with van der Waals surface area (Å²) in [6.07, 6.45) is -4.67. The number of benzene rings is 1. The van der Waals surface area contributed by atoms with E-state index in [1.54, 1.807) is 24.3 Å². The fraction of sp³-hybridized carbons (Fsp3) is 0.0952. The molecule has 3 heterocycles. The van der Waals surface area contributed by atoms with Crippen molar-refractivity contribution in [2.24, 2.45) is 0 Å². The average molecular weight is 481 g/mol. The molecule has 0 aliphatic heterocycles. The number of carbonyl (C=O) groups excluding carboxylic acids is 1. The molecule has 0 aliphatic carbocycles. The van der Waals surface area contributed by atoms with Crippen LogP contribution in [-0.2, 0) is 6.18 Å². The predicted octanol–water partition coefficient (Wildman–Crippen LogP) is 6.49. The van der Waals surface area contributed by atoms with Crippen LogP contribution in [0.25, 0.3) is 21.5 Å². The topological polar surface area (TPSA) is 92.4 Å². The molecular formula is C21H12ClF3N2O4S. The largest absolute Gasteiger partial charge is 0.478 e. The summed E-state index contributed by atoms with van der Waals surface area (Å²) in [5.41, 5.74) is -0.840. The minimum atomic E-state index is -4.67. The normalized spacial score (nSPS) is 11.7. The minimum Gasteiger partial charge on any atom is -0.478 e. The van der Waals surface area contributed by atoms with Crippen molar-refractivity contribution in [2.75, 3.05) is 5.32 Å². The number of carboxylic acid groups (broad SMARTS) is 1. The van der Waals surface area contributed by atoms with Gasteiger partial charge in [-0.05, 0) is 36.8 Å². The van der Waals surface area contributed by atoms with Gasteiger partial charge < -0.3 is 14.8 Å². The van der Waals surface area contributed by atoms with E-state index in [9.17, 15) is 27.9 Å². The Balaban J connectivity index is 1.71. The van der Waals surface area contributed by atoms with Gasteiger partial charge in [0.25, 0.3) is 5.91 Å². The van der Waals surface area contributed by atoms with Gasteiger partial charge >= 0.3 is 12.1 Å². The smallest absolute Gasteiger partial charge is 0.417 e. The average Bonchev–Trinajstić information content (AvgIpc) is 3.31. The van der Waals surface area contributed by atoms with Gasteiger partial charge in [0.05, 0.1) is 21.5 Å². The molecule has 0 radical (unpaired) electrons. The number of furan rings is 1. The molecule has 0 fully saturated rings. The van der Waals surface area contributed by atoms with Gasteiger partial charge in [-0.15, -0.1) is 11.3 Å². The van der Waals surface area contributed by atoms with E-state index < -0.39 is 29.4 Å². The van der Waals surface area contributed by atoms with E-state index in [0.29, 0.717) is 15.5 Å². The number of pyridine rings is 1. The second-order valence-corrected chi connectivity index (χ2v) is 8.07. The van der Waals surface area contributed by atoms with Gasteiger partial charge in [-0.1, -0.05) is 23.7 Å². The van der Waals surface area contributed by atoms with Gasteiger partial charge in [-0.3, -0.25) is 4.79 Å². The van der Waals surface area contributed by atoms with Crippen molar-refractivity contribution in [3.05, 3.63) is 69.4 Å². The molecule has 11 heteroatoms. The number of aromatic nitrogens is 1. The van der Waals surface area contributed by atoms with Gasteiger partial charge in [0, 0.05) is 16.1 Å². The number of anilines is 1. The molecule has 1 amide bonds. The van der Waals surface area contributed by atoms with Crippen molar-refractivity contribution >= 4 is 51.6 Å². The first-order valence-corrected chi connectivity index (χ1v) is 10.2. The summed E-state index contributed by atoms with van der Waals surface area (Å²) in [4.78, 5) is 28.8.